The molecule has 0 saturated carbocycles. The summed E-state index contributed by atoms with van der Waals surface area (Å²) in [5.41, 5.74) is 3.54. The van der Waals surface area contributed by atoms with Gasteiger partial charge in [-0.3, -0.25) is 4.79 Å². The molecule has 0 spiro atoms. The summed E-state index contributed by atoms with van der Waals surface area (Å²) in [6.45, 7) is 0.236. The van der Waals surface area contributed by atoms with Crippen molar-refractivity contribution in [2.75, 3.05) is 0 Å². The van der Waals surface area contributed by atoms with Crippen LogP contribution in [0.2, 0.25) is 10.0 Å². The normalized spacial score (nSPS) is 11.0. The number of nitrogens with zero attached hydrogens (tertiary/aromatic N) is 2. The minimum Gasteiger partial charge on any atom is -0.290 e. The van der Waals surface area contributed by atoms with Gasteiger partial charge in [0.25, 0.3) is 5.65 Å². The maximum absolute atomic E-state index is 12.8. The quantitative estimate of drug-likeness (QED) is 0.357. The van der Waals surface area contributed by atoms with E-state index in [1.807, 2.05) is 63.8 Å². The van der Waals surface area contributed by atoms with Crippen LogP contribution in [0.4, 0.5) is 0 Å². The molecule has 26 heavy (non-hydrogen) atoms. The Bertz CT molecular complexity index is 1080. The Morgan fingerprint density at radius 2 is 1.54 bits per heavy atom. The van der Waals surface area contributed by atoms with Crippen molar-refractivity contribution in [3.05, 3.63) is 94.7 Å². The summed E-state index contributed by atoms with van der Waals surface area (Å²) < 4.78 is 4.03. The van der Waals surface area contributed by atoms with E-state index in [0.29, 0.717) is 15.6 Å². The van der Waals surface area contributed by atoms with Gasteiger partial charge in [0.2, 0.25) is 5.78 Å². The number of fused-ring (bicyclic) bond motifs is 1. The highest BCUT2D eigenvalue weighted by atomic mass is 35.5. The van der Waals surface area contributed by atoms with Gasteiger partial charge in [-0.05, 0) is 54.6 Å². The number of ketones is 1. The molecule has 5 heteroatoms. The Hall–Kier alpha value is -2.62. The molecule has 0 saturated heterocycles. The van der Waals surface area contributed by atoms with Gasteiger partial charge in [-0.25, -0.2) is 8.97 Å². The van der Waals surface area contributed by atoms with Crippen molar-refractivity contribution in [1.82, 2.24) is 4.57 Å². The molecule has 0 aliphatic rings. The van der Waals surface area contributed by atoms with Crippen LogP contribution in [0.3, 0.4) is 0 Å². The summed E-state index contributed by atoms with van der Waals surface area (Å²) in [6.07, 6.45) is 3.99. The van der Waals surface area contributed by atoms with Crippen molar-refractivity contribution >= 4 is 34.6 Å². The number of pyridine rings is 1. The molecule has 3 nitrogen and oxygen atoms in total. The summed E-state index contributed by atoms with van der Waals surface area (Å²) in [4.78, 5) is 12.8. The first kappa shape index (κ1) is 16.8. The number of halogens is 2. The number of carbonyl (C=O) groups excluding carboxylic acids is 1. The van der Waals surface area contributed by atoms with E-state index in [-0.39, 0.29) is 12.3 Å². The summed E-state index contributed by atoms with van der Waals surface area (Å²) in [5.74, 6) is 0.0267. The Morgan fingerprint density at radius 3 is 2.23 bits per heavy atom. The molecular weight excluding hydrogens is 367 g/mol. The Balaban J connectivity index is 1.79. The molecule has 0 bridgehead atoms. The monoisotopic (exact) mass is 381 g/mol. The molecule has 128 valence electrons. The highest BCUT2D eigenvalue weighted by molar-refractivity contribution is 6.31. The van der Waals surface area contributed by atoms with Gasteiger partial charge in [-0.1, -0.05) is 29.3 Å². The highest BCUT2D eigenvalue weighted by Crippen LogP contribution is 2.23. The second-order valence-electron chi connectivity index (χ2n) is 6.00. The summed E-state index contributed by atoms with van der Waals surface area (Å²) in [6, 6.07) is 20.5. The third-order valence-corrected chi connectivity index (χ3v) is 4.81. The third kappa shape index (κ3) is 3.24. The molecule has 0 N–H and O–H groups in total. The average molecular weight is 382 g/mol. The van der Waals surface area contributed by atoms with E-state index in [4.69, 9.17) is 23.2 Å². The van der Waals surface area contributed by atoms with Gasteiger partial charge in [0.1, 0.15) is 6.20 Å². The van der Waals surface area contributed by atoms with Crippen molar-refractivity contribution in [3.8, 4) is 11.3 Å². The van der Waals surface area contributed by atoms with Crippen LogP contribution in [-0.2, 0) is 6.54 Å². The predicted octanol–water partition coefficient (Wildman–Crippen LogP) is 5.08. The number of hydrogen-bond acceptors (Lipinski definition) is 1. The van der Waals surface area contributed by atoms with Crippen molar-refractivity contribution < 1.29 is 9.20 Å². The van der Waals surface area contributed by atoms with Crippen LogP contribution in [0.5, 0.6) is 0 Å². The smallest absolute Gasteiger partial charge is 0.287 e. The average Bonchev–Trinajstić information content (AvgIpc) is 3.01. The van der Waals surface area contributed by atoms with Gasteiger partial charge in [0, 0.05) is 27.2 Å². The van der Waals surface area contributed by atoms with E-state index < -0.39 is 0 Å². The zero-order valence-electron chi connectivity index (χ0n) is 13.8. The molecule has 4 rings (SSSR count). The van der Waals surface area contributed by atoms with Crippen LogP contribution in [0, 0.1) is 0 Å². The lowest BCUT2D eigenvalue weighted by atomic mass is 10.1. The van der Waals surface area contributed by atoms with E-state index in [1.165, 1.54) is 0 Å². The number of carbonyl (C=O) groups is 1. The van der Waals surface area contributed by atoms with Crippen LogP contribution >= 0.6 is 23.2 Å². The molecule has 2 aromatic carbocycles. The second kappa shape index (κ2) is 6.94. The molecule has 2 aromatic heterocycles. The standard InChI is InChI=1S/C21H15Cl2N2O/c22-17-8-4-15(5-9-17)19-13-24-12-2-1-3-21(24)25(19)14-20(26)16-6-10-18(23)11-7-16/h1-13H,14H2/q+1. The number of hydrogen-bond donors (Lipinski definition) is 0. The van der Waals surface area contributed by atoms with Crippen molar-refractivity contribution in [3.63, 3.8) is 0 Å². The van der Waals surface area contributed by atoms with Gasteiger partial charge in [0.05, 0.1) is 6.20 Å². The lowest BCUT2D eigenvalue weighted by Gasteiger charge is -2.04. The molecule has 0 aliphatic carbocycles. The molecule has 0 unspecified atom stereocenters. The predicted molar refractivity (Wildman–Crippen MR) is 104 cm³/mol. The summed E-state index contributed by atoms with van der Waals surface area (Å²) in [7, 11) is 0. The number of benzene rings is 2. The molecule has 0 aliphatic heterocycles. The fourth-order valence-corrected chi connectivity index (χ4v) is 3.25. The zero-order valence-corrected chi connectivity index (χ0v) is 15.3. The van der Waals surface area contributed by atoms with E-state index in [9.17, 15) is 4.79 Å². The van der Waals surface area contributed by atoms with E-state index in [0.717, 1.165) is 16.9 Å². The van der Waals surface area contributed by atoms with E-state index in [2.05, 4.69) is 0 Å². The first-order valence-corrected chi connectivity index (χ1v) is 8.92. The SMILES string of the molecule is O=C(Cn1c(-c2ccc(Cl)cc2)c[n+]2ccccc12)c1ccc(Cl)cc1. The largest absolute Gasteiger partial charge is 0.290 e. The van der Waals surface area contributed by atoms with Crippen LogP contribution in [0.15, 0.2) is 79.1 Å². The fourth-order valence-electron chi connectivity index (χ4n) is 3.00. The van der Waals surface area contributed by atoms with E-state index in [1.54, 1.807) is 24.3 Å². The molecule has 4 aromatic rings. The topological polar surface area (TPSA) is 26.1 Å². The molecular formula is C21H15Cl2N2O+. The number of Topliss-reactive ketones (excluding diaryl/α,β-unsaturated/α-hetero) is 1. The Morgan fingerprint density at radius 1 is 0.885 bits per heavy atom. The Labute approximate surface area is 161 Å². The van der Waals surface area contributed by atoms with Gasteiger partial charge >= 0.3 is 0 Å². The number of imidazole rings is 1. The maximum atomic E-state index is 12.8. The molecule has 0 amide bonds. The summed E-state index contributed by atoms with van der Waals surface area (Å²) >= 11 is 11.9. The fraction of sp³-hybridized carbons (Fsp3) is 0.0476. The molecule has 0 radical (unpaired) electrons. The lowest BCUT2D eigenvalue weighted by Crippen LogP contribution is -2.19. The van der Waals surface area contributed by atoms with Gasteiger partial charge in [-0.15, -0.1) is 0 Å². The van der Waals surface area contributed by atoms with Gasteiger partial charge in [-0.2, -0.15) is 0 Å². The highest BCUT2D eigenvalue weighted by Gasteiger charge is 2.21. The first-order chi connectivity index (χ1) is 12.6. The number of rotatable bonds is 4. The van der Waals surface area contributed by atoms with Crippen LogP contribution < -0.4 is 4.40 Å². The third-order valence-electron chi connectivity index (χ3n) is 4.30. The lowest BCUT2D eigenvalue weighted by molar-refractivity contribution is -0.510. The van der Waals surface area contributed by atoms with Gasteiger partial charge in [0.15, 0.2) is 12.2 Å². The second-order valence-corrected chi connectivity index (χ2v) is 6.88. The maximum Gasteiger partial charge on any atom is 0.287 e. The van der Waals surface area contributed by atoms with Crippen LogP contribution in [0.1, 0.15) is 10.4 Å². The summed E-state index contributed by atoms with van der Waals surface area (Å²) in [5, 5.41) is 1.30. The minimum atomic E-state index is 0.0267. The first-order valence-electron chi connectivity index (χ1n) is 8.16. The van der Waals surface area contributed by atoms with Crippen LogP contribution in [0.25, 0.3) is 16.9 Å². The van der Waals surface area contributed by atoms with E-state index >= 15 is 0 Å². The van der Waals surface area contributed by atoms with Crippen LogP contribution in [-0.4, -0.2) is 10.4 Å². The van der Waals surface area contributed by atoms with Crippen molar-refractivity contribution in [2.45, 2.75) is 6.54 Å². The molecule has 0 atom stereocenters. The van der Waals surface area contributed by atoms with Crippen molar-refractivity contribution in [1.29, 1.82) is 0 Å². The van der Waals surface area contributed by atoms with Gasteiger partial charge < -0.3 is 0 Å². The minimum absolute atomic E-state index is 0.0267. The zero-order chi connectivity index (χ0) is 18.1. The molecule has 2 heterocycles. The Kier molecular flexibility index (Phi) is 4.49. The number of aromatic nitrogens is 2. The molecule has 0 fully saturated rings. The van der Waals surface area contributed by atoms with Crippen molar-refractivity contribution in [2.24, 2.45) is 0 Å².